The molecule has 33 heavy (non-hydrogen) atoms. The maximum Gasteiger partial charge on any atom is 0.0998 e. The largest absolute Gasteiger partial charge is 0.370 e. The average molecular weight is 449 g/mol. The third kappa shape index (κ3) is 6.67. The minimum atomic E-state index is -0.105. The van der Waals surface area contributed by atoms with Crippen LogP contribution < -0.4 is 10.2 Å². The highest BCUT2D eigenvalue weighted by molar-refractivity contribution is 5.73. The highest BCUT2D eigenvalue weighted by Gasteiger charge is 2.28. The van der Waals surface area contributed by atoms with Crippen molar-refractivity contribution < 1.29 is 4.74 Å². The second-order valence-corrected chi connectivity index (χ2v) is 10.3. The molecule has 2 aromatic carbocycles. The van der Waals surface area contributed by atoms with Gasteiger partial charge in [0.1, 0.15) is 0 Å². The molecule has 2 heterocycles. The second-order valence-electron chi connectivity index (χ2n) is 10.3. The molecule has 0 amide bonds. The van der Waals surface area contributed by atoms with Crippen molar-refractivity contribution in [3.8, 4) is 0 Å². The number of nitrogens with one attached hydrogen (secondary N) is 1. The van der Waals surface area contributed by atoms with Crippen LogP contribution in [0.3, 0.4) is 0 Å². The molecular formula is C28H40N4O. The summed E-state index contributed by atoms with van der Waals surface area (Å²) in [7, 11) is 2.18. The van der Waals surface area contributed by atoms with Gasteiger partial charge in [0, 0.05) is 64.6 Å². The van der Waals surface area contributed by atoms with Crippen molar-refractivity contribution in [1.29, 1.82) is 0 Å². The van der Waals surface area contributed by atoms with Crippen LogP contribution in [0.5, 0.6) is 0 Å². The number of likely N-dealkylation sites (N-methyl/N-ethyl adjacent to an activating group) is 1. The summed E-state index contributed by atoms with van der Waals surface area (Å²) in [6.45, 7) is 14.2. The first-order chi connectivity index (χ1) is 15.9. The second kappa shape index (κ2) is 10.8. The number of nitrogens with zero attached hydrogens (tertiary/aromatic N) is 3. The Morgan fingerprint density at radius 3 is 2.55 bits per heavy atom. The Morgan fingerprint density at radius 2 is 1.76 bits per heavy atom. The molecule has 1 atom stereocenters. The lowest BCUT2D eigenvalue weighted by molar-refractivity contribution is -0.0827. The number of para-hydroxylation sites is 1. The van der Waals surface area contributed by atoms with Crippen LogP contribution in [0.1, 0.15) is 37.9 Å². The van der Waals surface area contributed by atoms with Crippen molar-refractivity contribution in [1.82, 2.24) is 15.1 Å². The van der Waals surface area contributed by atoms with Crippen LogP contribution in [0, 0.1) is 0 Å². The Balaban J connectivity index is 1.32. The lowest BCUT2D eigenvalue weighted by Crippen LogP contribution is -2.51. The van der Waals surface area contributed by atoms with Crippen LogP contribution in [0.2, 0.25) is 0 Å². The van der Waals surface area contributed by atoms with Crippen molar-refractivity contribution in [2.24, 2.45) is 0 Å². The SMILES string of the molecule is CN1CC(CNCCN2CCN(COC(C)(C)C)CC2c2ccccc2)=Cc2ccccc21. The summed E-state index contributed by atoms with van der Waals surface area (Å²) < 4.78 is 6.07. The van der Waals surface area contributed by atoms with Crippen LogP contribution in [-0.4, -0.2) is 75.0 Å². The maximum absolute atomic E-state index is 6.07. The number of rotatable bonds is 8. The summed E-state index contributed by atoms with van der Waals surface area (Å²) in [5.41, 5.74) is 5.37. The predicted molar refractivity (Wildman–Crippen MR) is 139 cm³/mol. The number of fused-ring (bicyclic) bond motifs is 1. The normalized spacial score (nSPS) is 19.9. The zero-order valence-corrected chi connectivity index (χ0v) is 20.8. The minimum absolute atomic E-state index is 0.105. The summed E-state index contributed by atoms with van der Waals surface area (Å²) in [5.74, 6) is 0. The van der Waals surface area contributed by atoms with E-state index in [1.165, 1.54) is 22.4 Å². The number of hydrogen-bond acceptors (Lipinski definition) is 5. The average Bonchev–Trinajstić information content (AvgIpc) is 2.81. The molecule has 0 radical (unpaired) electrons. The summed E-state index contributed by atoms with van der Waals surface area (Å²) in [5, 5.41) is 3.71. The van der Waals surface area contributed by atoms with Crippen molar-refractivity contribution in [2.45, 2.75) is 32.4 Å². The maximum atomic E-state index is 6.07. The van der Waals surface area contributed by atoms with Crippen LogP contribution in [-0.2, 0) is 4.74 Å². The molecule has 1 fully saturated rings. The minimum Gasteiger partial charge on any atom is -0.370 e. The smallest absolute Gasteiger partial charge is 0.0998 e. The lowest BCUT2D eigenvalue weighted by Gasteiger charge is -2.42. The Bertz CT molecular complexity index is 921. The third-order valence-electron chi connectivity index (χ3n) is 6.52. The predicted octanol–water partition coefficient (Wildman–Crippen LogP) is 4.24. The van der Waals surface area contributed by atoms with E-state index in [0.717, 1.165) is 45.8 Å². The first-order valence-electron chi connectivity index (χ1n) is 12.2. The van der Waals surface area contributed by atoms with Gasteiger partial charge in [0.25, 0.3) is 0 Å². The standard InChI is InChI=1S/C28H40N4O/c1-28(2,3)33-22-31-16-17-32(27(21-31)24-10-6-5-7-11-24)15-14-29-19-23-18-25-12-8-9-13-26(25)30(4)20-23/h5-13,18,27,29H,14-17,19-22H2,1-4H3. The molecule has 0 spiro atoms. The number of ether oxygens (including phenoxy) is 1. The Labute approximate surface area is 200 Å². The van der Waals surface area contributed by atoms with E-state index in [-0.39, 0.29) is 5.60 Å². The fourth-order valence-corrected chi connectivity index (χ4v) is 4.73. The molecule has 4 rings (SSSR count). The molecule has 1 saturated heterocycles. The van der Waals surface area contributed by atoms with Gasteiger partial charge in [-0.1, -0.05) is 54.6 Å². The van der Waals surface area contributed by atoms with E-state index in [1.807, 2.05) is 0 Å². The van der Waals surface area contributed by atoms with Crippen LogP contribution >= 0.6 is 0 Å². The third-order valence-corrected chi connectivity index (χ3v) is 6.52. The fraction of sp³-hybridized carbons (Fsp3) is 0.500. The first-order valence-corrected chi connectivity index (χ1v) is 12.2. The first kappa shape index (κ1) is 24.0. The molecule has 1 unspecified atom stereocenters. The van der Waals surface area contributed by atoms with Crippen LogP contribution in [0.15, 0.2) is 60.2 Å². The van der Waals surface area contributed by atoms with E-state index >= 15 is 0 Å². The lowest BCUT2D eigenvalue weighted by atomic mass is 10.0. The van der Waals surface area contributed by atoms with E-state index in [2.05, 4.69) is 109 Å². The highest BCUT2D eigenvalue weighted by atomic mass is 16.5. The number of benzene rings is 2. The molecule has 0 saturated carbocycles. The van der Waals surface area contributed by atoms with Gasteiger partial charge in [-0.05, 0) is 43.5 Å². The molecule has 1 N–H and O–H groups in total. The molecule has 2 aliphatic heterocycles. The van der Waals surface area contributed by atoms with E-state index in [1.54, 1.807) is 0 Å². The molecule has 0 aromatic heterocycles. The quantitative estimate of drug-likeness (QED) is 0.611. The van der Waals surface area contributed by atoms with Crippen LogP contribution in [0.25, 0.3) is 6.08 Å². The van der Waals surface area contributed by atoms with Gasteiger partial charge in [0.15, 0.2) is 0 Å². The monoisotopic (exact) mass is 448 g/mol. The molecule has 5 nitrogen and oxygen atoms in total. The number of hydrogen-bond donors (Lipinski definition) is 1. The number of anilines is 1. The van der Waals surface area contributed by atoms with E-state index in [9.17, 15) is 0 Å². The molecule has 0 bridgehead atoms. The zero-order valence-electron chi connectivity index (χ0n) is 20.8. The van der Waals surface area contributed by atoms with Crippen molar-refractivity contribution in [2.75, 3.05) is 64.5 Å². The number of piperazine rings is 1. The molecular weight excluding hydrogens is 408 g/mol. The van der Waals surface area contributed by atoms with Crippen molar-refractivity contribution >= 4 is 11.8 Å². The summed E-state index contributed by atoms with van der Waals surface area (Å²) >= 11 is 0. The highest BCUT2D eigenvalue weighted by Crippen LogP contribution is 2.27. The molecule has 2 aliphatic rings. The Kier molecular flexibility index (Phi) is 7.86. The van der Waals surface area contributed by atoms with Crippen molar-refractivity contribution in [3.05, 3.63) is 71.3 Å². The summed E-state index contributed by atoms with van der Waals surface area (Å²) in [6, 6.07) is 20.0. The van der Waals surface area contributed by atoms with Gasteiger partial charge in [0.2, 0.25) is 0 Å². The molecule has 178 valence electrons. The topological polar surface area (TPSA) is 31.0 Å². The van der Waals surface area contributed by atoms with E-state index in [0.29, 0.717) is 12.8 Å². The van der Waals surface area contributed by atoms with Gasteiger partial charge in [-0.3, -0.25) is 9.80 Å². The Morgan fingerprint density at radius 1 is 1.00 bits per heavy atom. The van der Waals surface area contributed by atoms with E-state index < -0.39 is 0 Å². The van der Waals surface area contributed by atoms with Gasteiger partial charge in [-0.2, -0.15) is 0 Å². The van der Waals surface area contributed by atoms with Gasteiger partial charge in [0.05, 0.1) is 12.3 Å². The van der Waals surface area contributed by atoms with E-state index in [4.69, 9.17) is 4.74 Å². The van der Waals surface area contributed by atoms with Gasteiger partial charge in [-0.15, -0.1) is 0 Å². The summed E-state index contributed by atoms with van der Waals surface area (Å²) in [4.78, 5) is 7.43. The molecule has 2 aromatic rings. The molecule has 0 aliphatic carbocycles. The van der Waals surface area contributed by atoms with Crippen LogP contribution in [0.4, 0.5) is 5.69 Å². The molecule has 5 heteroatoms. The zero-order chi connectivity index (χ0) is 23.3. The van der Waals surface area contributed by atoms with Gasteiger partial charge in [-0.25, -0.2) is 0 Å². The van der Waals surface area contributed by atoms with Gasteiger partial charge >= 0.3 is 0 Å². The van der Waals surface area contributed by atoms with Crippen molar-refractivity contribution in [3.63, 3.8) is 0 Å². The Hall–Kier alpha value is -2.18. The van der Waals surface area contributed by atoms with Gasteiger partial charge < -0.3 is 15.0 Å². The summed E-state index contributed by atoms with van der Waals surface area (Å²) in [6.07, 6.45) is 2.35. The fourth-order valence-electron chi connectivity index (χ4n) is 4.73.